The lowest BCUT2D eigenvalue weighted by molar-refractivity contribution is -0.0498. The van der Waals surface area contributed by atoms with Gasteiger partial charge in [-0.2, -0.15) is 19.0 Å². The van der Waals surface area contributed by atoms with E-state index in [1.165, 1.54) is 30.5 Å². The molecule has 0 aliphatic carbocycles. The van der Waals surface area contributed by atoms with Gasteiger partial charge in [0.25, 0.3) is 5.91 Å². The van der Waals surface area contributed by atoms with Crippen molar-refractivity contribution in [3.8, 4) is 5.75 Å². The number of nitrogens with zero attached hydrogens (tertiary/aromatic N) is 4. The first-order valence-electron chi connectivity index (χ1n) is 7.93. The van der Waals surface area contributed by atoms with Gasteiger partial charge in [-0.1, -0.05) is 0 Å². The number of benzene rings is 1. The number of hydrogen-bond donors (Lipinski definition) is 1. The standard InChI is InChI=1S/C17H17F2N5O2/c1-2-23-9-12(7-20-23)10-24-11-14(8-21-24)22-16(25)13-3-5-15(6-4-13)26-17(18)19/h3-9,11,17H,2,10H2,1H3,(H,22,25). The van der Waals surface area contributed by atoms with E-state index in [-0.39, 0.29) is 11.7 Å². The number of alkyl halides is 2. The fraction of sp³-hybridized carbons (Fsp3) is 0.235. The first-order chi connectivity index (χ1) is 12.5. The normalized spacial score (nSPS) is 10.9. The van der Waals surface area contributed by atoms with Gasteiger partial charge in [0.05, 0.1) is 24.6 Å². The molecule has 1 amide bonds. The molecule has 3 rings (SSSR count). The Morgan fingerprint density at radius 2 is 1.88 bits per heavy atom. The Morgan fingerprint density at radius 3 is 2.54 bits per heavy atom. The Kier molecular flexibility index (Phi) is 5.26. The van der Waals surface area contributed by atoms with Crippen molar-refractivity contribution in [1.29, 1.82) is 0 Å². The molecule has 1 N–H and O–H groups in total. The summed E-state index contributed by atoms with van der Waals surface area (Å²) in [6.45, 7) is 0.437. The number of anilines is 1. The van der Waals surface area contributed by atoms with Crippen LogP contribution in [-0.2, 0) is 13.1 Å². The minimum atomic E-state index is -2.90. The van der Waals surface area contributed by atoms with Crippen LogP contribution in [0.3, 0.4) is 0 Å². The number of nitrogens with one attached hydrogen (secondary N) is 1. The summed E-state index contributed by atoms with van der Waals surface area (Å²) < 4.78 is 32.0. The zero-order valence-corrected chi connectivity index (χ0v) is 14.0. The van der Waals surface area contributed by atoms with Gasteiger partial charge in [0.1, 0.15) is 5.75 Å². The molecular formula is C17H17F2N5O2. The second-order valence-electron chi connectivity index (χ2n) is 5.49. The molecule has 3 aromatic rings. The van der Waals surface area contributed by atoms with Gasteiger partial charge in [0.2, 0.25) is 0 Å². The summed E-state index contributed by atoms with van der Waals surface area (Å²) in [4.78, 5) is 12.2. The van der Waals surface area contributed by atoms with Gasteiger partial charge in [-0.05, 0) is 31.2 Å². The van der Waals surface area contributed by atoms with Crippen LogP contribution in [-0.4, -0.2) is 32.1 Å². The summed E-state index contributed by atoms with van der Waals surface area (Å²) in [5.41, 5.74) is 1.86. The third-order valence-electron chi connectivity index (χ3n) is 3.59. The van der Waals surface area contributed by atoms with E-state index in [1.807, 2.05) is 17.8 Å². The van der Waals surface area contributed by atoms with E-state index in [9.17, 15) is 13.6 Å². The fourth-order valence-electron chi connectivity index (χ4n) is 2.35. The third-order valence-corrected chi connectivity index (χ3v) is 3.59. The van der Waals surface area contributed by atoms with Crippen LogP contribution < -0.4 is 10.1 Å². The van der Waals surface area contributed by atoms with Gasteiger partial charge < -0.3 is 10.1 Å². The topological polar surface area (TPSA) is 74.0 Å². The molecule has 0 bridgehead atoms. The molecule has 0 radical (unpaired) electrons. The van der Waals surface area contributed by atoms with Crippen LogP contribution in [0.5, 0.6) is 5.75 Å². The number of hydrogen-bond acceptors (Lipinski definition) is 4. The summed E-state index contributed by atoms with van der Waals surface area (Å²) in [6, 6.07) is 5.46. The highest BCUT2D eigenvalue weighted by Crippen LogP contribution is 2.16. The summed E-state index contributed by atoms with van der Waals surface area (Å²) in [7, 11) is 0. The summed E-state index contributed by atoms with van der Waals surface area (Å²) >= 11 is 0. The Labute approximate surface area is 148 Å². The lowest BCUT2D eigenvalue weighted by atomic mass is 10.2. The number of ether oxygens (including phenoxy) is 1. The molecule has 26 heavy (non-hydrogen) atoms. The minimum absolute atomic E-state index is 0.00278. The maximum Gasteiger partial charge on any atom is 0.387 e. The maximum atomic E-state index is 12.2. The Balaban J connectivity index is 1.60. The Morgan fingerprint density at radius 1 is 1.15 bits per heavy atom. The number of halogens is 2. The van der Waals surface area contributed by atoms with Crippen molar-refractivity contribution in [1.82, 2.24) is 19.6 Å². The van der Waals surface area contributed by atoms with E-state index in [1.54, 1.807) is 17.1 Å². The van der Waals surface area contributed by atoms with E-state index in [0.29, 0.717) is 17.8 Å². The van der Waals surface area contributed by atoms with Gasteiger partial charge in [-0.15, -0.1) is 0 Å². The Bertz CT molecular complexity index is 873. The quantitative estimate of drug-likeness (QED) is 0.702. The highest BCUT2D eigenvalue weighted by atomic mass is 19.3. The van der Waals surface area contributed by atoms with Crippen molar-refractivity contribution in [2.24, 2.45) is 0 Å². The highest BCUT2D eigenvalue weighted by molar-refractivity contribution is 6.04. The molecule has 0 fully saturated rings. The van der Waals surface area contributed by atoms with E-state index < -0.39 is 6.61 Å². The summed E-state index contributed by atoms with van der Waals surface area (Å²) in [5.74, 6) is -0.371. The minimum Gasteiger partial charge on any atom is -0.435 e. The molecule has 1 aromatic carbocycles. The van der Waals surface area contributed by atoms with Crippen LogP contribution >= 0.6 is 0 Å². The van der Waals surface area contributed by atoms with Gasteiger partial charge in [0.15, 0.2) is 0 Å². The third kappa shape index (κ3) is 4.44. The molecule has 136 valence electrons. The van der Waals surface area contributed by atoms with Crippen LogP contribution in [0.2, 0.25) is 0 Å². The summed E-state index contributed by atoms with van der Waals surface area (Å²) in [5, 5.41) is 11.1. The number of carbonyl (C=O) groups is 1. The molecule has 0 unspecified atom stereocenters. The van der Waals surface area contributed by atoms with E-state index in [2.05, 4.69) is 20.3 Å². The molecule has 0 aliphatic rings. The van der Waals surface area contributed by atoms with Crippen molar-refractivity contribution in [3.63, 3.8) is 0 Å². The van der Waals surface area contributed by atoms with Gasteiger partial charge >= 0.3 is 6.61 Å². The molecule has 0 saturated carbocycles. The zero-order chi connectivity index (χ0) is 18.5. The molecule has 0 saturated heterocycles. The molecule has 2 heterocycles. The number of aryl methyl sites for hydroxylation is 1. The van der Waals surface area contributed by atoms with Crippen molar-refractivity contribution in [3.05, 3.63) is 60.2 Å². The zero-order valence-electron chi connectivity index (χ0n) is 14.0. The lowest BCUT2D eigenvalue weighted by Crippen LogP contribution is -2.11. The van der Waals surface area contributed by atoms with Crippen molar-refractivity contribution in [2.45, 2.75) is 26.6 Å². The molecule has 0 spiro atoms. The number of amides is 1. The SMILES string of the molecule is CCn1cc(Cn2cc(NC(=O)c3ccc(OC(F)F)cc3)cn2)cn1. The van der Waals surface area contributed by atoms with Crippen molar-refractivity contribution in [2.75, 3.05) is 5.32 Å². The molecule has 7 nitrogen and oxygen atoms in total. The van der Waals surface area contributed by atoms with Crippen LogP contribution in [0, 0.1) is 0 Å². The van der Waals surface area contributed by atoms with Crippen molar-refractivity contribution >= 4 is 11.6 Å². The van der Waals surface area contributed by atoms with E-state index in [4.69, 9.17) is 0 Å². The fourth-order valence-corrected chi connectivity index (χ4v) is 2.35. The average molecular weight is 361 g/mol. The molecule has 0 atom stereocenters. The second kappa shape index (κ2) is 7.77. The first-order valence-corrected chi connectivity index (χ1v) is 7.93. The smallest absolute Gasteiger partial charge is 0.387 e. The van der Waals surface area contributed by atoms with Gasteiger partial charge in [0, 0.05) is 30.1 Å². The molecular weight excluding hydrogens is 344 g/mol. The van der Waals surface area contributed by atoms with E-state index in [0.717, 1.165) is 12.1 Å². The van der Waals surface area contributed by atoms with Crippen LogP contribution in [0.25, 0.3) is 0 Å². The van der Waals surface area contributed by atoms with Gasteiger partial charge in [-0.3, -0.25) is 14.2 Å². The monoisotopic (exact) mass is 361 g/mol. The van der Waals surface area contributed by atoms with Crippen LogP contribution in [0.1, 0.15) is 22.8 Å². The molecule has 2 aromatic heterocycles. The molecule has 9 heteroatoms. The maximum absolute atomic E-state index is 12.2. The van der Waals surface area contributed by atoms with E-state index >= 15 is 0 Å². The first kappa shape index (κ1) is 17.6. The average Bonchev–Trinajstić information content (AvgIpc) is 3.24. The summed E-state index contributed by atoms with van der Waals surface area (Å²) in [6.07, 6.45) is 6.95. The largest absolute Gasteiger partial charge is 0.435 e. The Hall–Kier alpha value is -3.23. The number of carbonyl (C=O) groups excluding carboxylic acids is 1. The van der Waals surface area contributed by atoms with Crippen LogP contribution in [0.4, 0.5) is 14.5 Å². The van der Waals surface area contributed by atoms with Crippen LogP contribution in [0.15, 0.2) is 49.1 Å². The second-order valence-corrected chi connectivity index (χ2v) is 5.49. The lowest BCUT2D eigenvalue weighted by Gasteiger charge is -2.06. The number of rotatable bonds is 7. The highest BCUT2D eigenvalue weighted by Gasteiger charge is 2.10. The van der Waals surface area contributed by atoms with Gasteiger partial charge in [-0.25, -0.2) is 0 Å². The molecule has 0 aliphatic heterocycles. The predicted octanol–water partition coefficient (Wildman–Crippen LogP) is 3.00. The van der Waals surface area contributed by atoms with Crippen molar-refractivity contribution < 1.29 is 18.3 Å². The predicted molar refractivity (Wildman–Crippen MR) is 90.3 cm³/mol. The number of aromatic nitrogens is 4.